The maximum atomic E-state index is 11.3. The van der Waals surface area contributed by atoms with Gasteiger partial charge in [-0.15, -0.1) is 0 Å². The van der Waals surface area contributed by atoms with Gasteiger partial charge in [-0.2, -0.15) is 0 Å². The summed E-state index contributed by atoms with van der Waals surface area (Å²) in [6.07, 6.45) is 3.57. The van der Waals surface area contributed by atoms with Crippen molar-refractivity contribution in [3.8, 4) is 0 Å². The number of hydrogen-bond donors (Lipinski definition) is 0. The monoisotopic (exact) mass is 270 g/mol. The van der Waals surface area contributed by atoms with Crippen molar-refractivity contribution in [1.82, 2.24) is 9.47 Å². The molecule has 2 heterocycles. The fourth-order valence-electron chi connectivity index (χ4n) is 2.66. The summed E-state index contributed by atoms with van der Waals surface area (Å²) in [4.78, 5) is 13.0. The van der Waals surface area contributed by atoms with Gasteiger partial charge in [-0.3, -0.25) is 4.90 Å². The fraction of sp³-hybridized carbons (Fsp3) is 0.312. The molecule has 1 fully saturated rings. The normalized spacial score (nSPS) is 15.5. The molecule has 0 bridgehead atoms. The third-order valence-electron chi connectivity index (χ3n) is 3.91. The van der Waals surface area contributed by atoms with Crippen molar-refractivity contribution in [3.05, 3.63) is 47.8 Å². The lowest BCUT2D eigenvalue weighted by atomic mass is 10.2. The lowest BCUT2D eigenvalue weighted by Gasteiger charge is -2.07. The average molecular weight is 270 g/mol. The number of fused-ring (bicyclic) bond motifs is 1. The molecule has 1 aromatic heterocycles. The second kappa shape index (κ2) is 5.04. The van der Waals surface area contributed by atoms with E-state index in [9.17, 15) is 4.79 Å². The maximum Gasteiger partial charge on any atom is 0.413 e. The van der Waals surface area contributed by atoms with Gasteiger partial charge in [0, 0.05) is 29.3 Å². The van der Waals surface area contributed by atoms with Crippen molar-refractivity contribution in [2.45, 2.75) is 20.4 Å². The van der Waals surface area contributed by atoms with Gasteiger partial charge >= 0.3 is 6.09 Å². The molecule has 0 N–H and O–H groups in total. The Kier molecular flexibility index (Phi) is 3.22. The Bertz CT molecular complexity index is 685. The summed E-state index contributed by atoms with van der Waals surface area (Å²) in [5, 5.41) is 1.29. The van der Waals surface area contributed by atoms with Crippen LogP contribution in [0.5, 0.6) is 0 Å². The number of aromatic nitrogens is 1. The predicted molar refractivity (Wildman–Crippen MR) is 78.6 cm³/mol. The van der Waals surface area contributed by atoms with Crippen molar-refractivity contribution in [2.75, 3.05) is 13.2 Å². The number of nitrogens with zero attached hydrogens (tertiary/aromatic N) is 2. The molecule has 4 heteroatoms. The van der Waals surface area contributed by atoms with Crippen molar-refractivity contribution in [1.29, 1.82) is 0 Å². The van der Waals surface area contributed by atoms with E-state index in [0.717, 1.165) is 6.54 Å². The van der Waals surface area contributed by atoms with Crippen molar-refractivity contribution < 1.29 is 9.53 Å². The summed E-state index contributed by atoms with van der Waals surface area (Å²) >= 11 is 0. The van der Waals surface area contributed by atoms with Gasteiger partial charge in [-0.1, -0.05) is 18.2 Å². The van der Waals surface area contributed by atoms with Crippen LogP contribution in [0.25, 0.3) is 10.9 Å². The molecule has 4 nitrogen and oxygen atoms in total. The van der Waals surface area contributed by atoms with E-state index in [1.165, 1.54) is 22.2 Å². The van der Waals surface area contributed by atoms with Crippen LogP contribution in [0.1, 0.15) is 11.3 Å². The maximum absolute atomic E-state index is 11.3. The minimum Gasteiger partial charge on any atom is -0.447 e. The summed E-state index contributed by atoms with van der Waals surface area (Å²) in [6.45, 7) is 6.15. The van der Waals surface area contributed by atoms with Gasteiger partial charge in [0.1, 0.15) is 6.61 Å². The van der Waals surface area contributed by atoms with Crippen molar-refractivity contribution in [2.24, 2.45) is 0 Å². The van der Waals surface area contributed by atoms with Crippen LogP contribution in [0.4, 0.5) is 4.79 Å². The number of aryl methyl sites for hydroxylation is 1. The lowest BCUT2D eigenvalue weighted by Crippen LogP contribution is -2.17. The summed E-state index contributed by atoms with van der Waals surface area (Å²) in [5.74, 6) is 0. The van der Waals surface area contributed by atoms with E-state index in [2.05, 4.69) is 42.7 Å². The summed E-state index contributed by atoms with van der Waals surface area (Å²) in [6, 6.07) is 8.40. The average Bonchev–Trinajstić information content (AvgIpc) is 2.97. The summed E-state index contributed by atoms with van der Waals surface area (Å²) < 4.78 is 7.16. The topological polar surface area (TPSA) is 34.5 Å². The number of rotatable bonds is 3. The Morgan fingerprint density at radius 2 is 2.10 bits per heavy atom. The van der Waals surface area contributed by atoms with Gasteiger partial charge in [-0.05, 0) is 31.6 Å². The highest BCUT2D eigenvalue weighted by Gasteiger charge is 2.18. The van der Waals surface area contributed by atoms with E-state index >= 15 is 0 Å². The minimum absolute atomic E-state index is 0.258. The molecule has 0 spiro atoms. The molecule has 0 atom stereocenters. The van der Waals surface area contributed by atoms with Crippen LogP contribution in [-0.4, -0.2) is 28.7 Å². The van der Waals surface area contributed by atoms with Crippen molar-refractivity contribution in [3.63, 3.8) is 0 Å². The molecule has 0 aliphatic carbocycles. The van der Waals surface area contributed by atoms with Crippen LogP contribution < -0.4 is 0 Å². The Labute approximate surface area is 118 Å². The zero-order chi connectivity index (χ0) is 14.1. The largest absolute Gasteiger partial charge is 0.447 e. The van der Waals surface area contributed by atoms with Crippen LogP contribution in [0.15, 0.2) is 36.5 Å². The third-order valence-corrected chi connectivity index (χ3v) is 3.91. The van der Waals surface area contributed by atoms with Crippen LogP contribution in [0.3, 0.4) is 0 Å². The molecular formula is C16H18N2O2. The molecule has 0 saturated carbocycles. The fourth-order valence-corrected chi connectivity index (χ4v) is 2.66. The number of para-hydroxylation sites is 1. The molecule has 1 aliphatic heterocycles. The summed E-state index contributed by atoms with van der Waals surface area (Å²) in [7, 11) is 0. The molecule has 1 amide bonds. The van der Waals surface area contributed by atoms with Gasteiger partial charge in [0.15, 0.2) is 0 Å². The Morgan fingerprint density at radius 1 is 1.30 bits per heavy atom. The Hall–Kier alpha value is -2.23. The number of benzene rings is 1. The molecule has 20 heavy (non-hydrogen) atoms. The quantitative estimate of drug-likeness (QED) is 0.858. The SMILES string of the molecule is Cc1c(C)n(C/C=C/N2CCOC2=O)c2ccccc12. The molecule has 1 aliphatic rings. The van der Waals surface area contributed by atoms with Crippen LogP contribution in [0.2, 0.25) is 0 Å². The predicted octanol–water partition coefficient (Wildman–Crippen LogP) is 3.22. The zero-order valence-corrected chi connectivity index (χ0v) is 11.8. The first-order chi connectivity index (χ1) is 9.68. The highest BCUT2D eigenvalue weighted by Crippen LogP contribution is 2.24. The van der Waals surface area contributed by atoms with E-state index in [4.69, 9.17) is 4.74 Å². The molecule has 1 aromatic carbocycles. The molecule has 0 unspecified atom stereocenters. The van der Waals surface area contributed by atoms with Gasteiger partial charge in [0.05, 0.1) is 6.54 Å². The van der Waals surface area contributed by atoms with Crippen LogP contribution >= 0.6 is 0 Å². The zero-order valence-electron chi connectivity index (χ0n) is 11.8. The van der Waals surface area contributed by atoms with E-state index in [1.807, 2.05) is 12.3 Å². The third kappa shape index (κ3) is 2.07. The number of carbonyl (C=O) groups is 1. The number of cyclic esters (lactones) is 1. The second-order valence-corrected chi connectivity index (χ2v) is 5.03. The molecule has 0 radical (unpaired) electrons. The van der Waals surface area contributed by atoms with Crippen molar-refractivity contribution >= 4 is 17.0 Å². The molecule has 2 aromatic rings. The van der Waals surface area contributed by atoms with Crippen LogP contribution in [0, 0.1) is 13.8 Å². The summed E-state index contributed by atoms with van der Waals surface area (Å²) in [5.41, 5.74) is 3.81. The molecule has 104 valence electrons. The number of amides is 1. The van der Waals surface area contributed by atoms with E-state index in [0.29, 0.717) is 13.2 Å². The molecule has 1 saturated heterocycles. The van der Waals surface area contributed by atoms with E-state index < -0.39 is 0 Å². The second-order valence-electron chi connectivity index (χ2n) is 5.03. The van der Waals surface area contributed by atoms with Gasteiger partial charge < -0.3 is 9.30 Å². The minimum atomic E-state index is -0.258. The van der Waals surface area contributed by atoms with E-state index in [-0.39, 0.29) is 6.09 Å². The van der Waals surface area contributed by atoms with E-state index in [1.54, 1.807) is 4.90 Å². The highest BCUT2D eigenvalue weighted by molar-refractivity contribution is 5.85. The number of ether oxygens (including phenoxy) is 1. The number of carbonyl (C=O) groups excluding carboxylic acids is 1. The first-order valence-corrected chi connectivity index (χ1v) is 6.83. The first kappa shape index (κ1) is 12.8. The first-order valence-electron chi connectivity index (χ1n) is 6.83. The Balaban J connectivity index is 1.86. The van der Waals surface area contributed by atoms with Crippen LogP contribution in [-0.2, 0) is 11.3 Å². The van der Waals surface area contributed by atoms with Gasteiger partial charge in [0.25, 0.3) is 0 Å². The lowest BCUT2D eigenvalue weighted by molar-refractivity contribution is 0.166. The highest BCUT2D eigenvalue weighted by atomic mass is 16.6. The van der Waals surface area contributed by atoms with Gasteiger partial charge in [0.2, 0.25) is 0 Å². The van der Waals surface area contributed by atoms with Gasteiger partial charge in [-0.25, -0.2) is 4.79 Å². The number of hydrogen-bond acceptors (Lipinski definition) is 2. The molecule has 3 rings (SSSR count). The smallest absolute Gasteiger partial charge is 0.413 e. The Morgan fingerprint density at radius 3 is 2.85 bits per heavy atom. The number of allylic oxidation sites excluding steroid dienone is 1. The standard InChI is InChI=1S/C16H18N2O2/c1-12-13(2)18(15-7-4-3-6-14(12)15)9-5-8-17-10-11-20-16(17)19/h3-8H,9-11H2,1-2H3/b8-5+. The molecular weight excluding hydrogens is 252 g/mol.